The molecule has 0 spiro atoms. The molecule has 0 N–H and O–H groups in total. The van der Waals surface area contributed by atoms with Crippen molar-refractivity contribution in [2.75, 3.05) is 0 Å². The van der Waals surface area contributed by atoms with E-state index in [4.69, 9.17) is 23.8 Å². The second kappa shape index (κ2) is 65.3. The van der Waals surface area contributed by atoms with Crippen molar-refractivity contribution in [1.82, 2.24) is 0 Å². The summed E-state index contributed by atoms with van der Waals surface area (Å²) < 4.78 is 59.0. The fourth-order valence-electron chi connectivity index (χ4n) is 0. The standard InChI is InChI=1S/Fe.7O.3Ti. The normalized spacial score (nSPS) is 2.64. The van der Waals surface area contributed by atoms with Gasteiger partial charge in [-0.15, -0.1) is 0 Å². The van der Waals surface area contributed by atoms with Gasteiger partial charge in [0.2, 0.25) is 0 Å². The molecule has 0 saturated heterocycles. The van der Waals surface area contributed by atoms with Gasteiger partial charge in [-0.1, -0.05) is 0 Å². The van der Waals surface area contributed by atoms with E-state index in [-0.39, 0.29) is 0 Å². The summed E-state index contributed by atoms with van der Waals surface area (Å²) in [5.41, 5.74) is 0. The molecule has 0 saturated carbocycles. The predicted octanol–water partition coefficient (Wildman–Crippen LogP) is -0.842. The molecular weight excluding hydrogens is 311 g/mol. The monoisotopic (exact) mass is 312 g/mol. The molecule has 0 aromatic rings. The Hall–Kier alpha value is 1.26. The molecule has 0 fully saturated rings. The quantitative estimate of drug-likeness (QED) is 0.535. The zero-order valence-electron chi connectivity index (χ0n) is 4.71. The molecule has 0 aliphatic carbocycles. The first-order valence-corrected chi connectivity index (χ1v) is 5.64. The average molecular weight is 311 g/mol. The van der Waals surface area contributed by atoms with Crippen molar-refractivity contribution >= 4 is 0 Å². The van der Waals surface area contributed by atoms with Crippen LogP contribution in [0.4, 0.5) is 0 Å². The average Bonchev–Trinajstić information content (AvgIpc) is 1.96. The fourth-order valence-corrected chi connectivity index (χ4v) is 0. The fraction of sp³-hybridized carbons (Fsp3) is 0. The van der Waals surface area contributed by atoms with E-state index in [1.807, 2.05) is 15.9 Å². The third-order valence-electron chi connectivity index (χ3n) is 0. The van der Waals surface area contributed by atoms with Crippen molar-refractivity contribution in [3.8, 4) is 0 Å². The van der Waals surface area contributed by atoms with Gasteiger partial charge in [0, 0.05) is 0 Å². The van der Waals surface area contributed by atoms with Gasteiger partial charge in [0.1, 0.15) is 0 Å². The van der Waals surface area contributed by atoms with Gasteiger partial charge in [-0.2, -0.15) is 0 Å². The van der Waals surface area contributed by atoms with Crippen molar-refractivity contribution in [3.63, 3.8) is 0 Å². The molecule has 0 amide bonds. The van der Waals surface area contributed by atoms with E-state index in [1.165, 1.54) is 0 Å². The Kier molecular flexibility index (Phi) is 135. The summed E-state index contributed by atoms with van der Waals surface area (Å²) in [7, 11) is 0. The molecule has 62 valence electrons. The minimum absolute atomic E-state index is 2.00. The van der Waals surface area contributed by atoms with Crippen LogP contribution in [0.25, 0.3) is 0 Å². The Morgan fingerprint density at radius 2 is 0.545 bits per heavy atom. The summed E-state index contributed by atoms with van der Waals surface area (Å²) in [6.45, 7) is 0. The summed E-state index contributed by atoms with van der Waals surface area (Å²) in [6, 6.07) is 0. The Balaban J connectivity index is -0.0000000301. The second-order valence-corrected chi connectivity index (χ2v) is 1.03. The van der Waals surface area contributed by atoms with Gasteiger partial charge in [-0.25, -0.2) is 0 Å². The van der Waals surface area contributed by atoms with Gasteiger partial charge in [-0.3, -0.25) is 0 Å². The van der Waals surface area contributed by atoms with Gasteiger partial charge >= 0.3 is 97.0 Å². The van der Waals surface area contributed by atoms with Crippen LogP contribution in [0.2, 0.25) is 0 Å². The maximum absolute atomic E-state index is 8.50. The van der Waals surface area contributed by atoms with Crippen molar-refractivity contribution in [2.24, 2.45) is 0 Å². The van der Waals surface area contributed by atoms with Crippen LogP contribution in [0.1, 0.15) is 0 Å². The SMILES string of the molecule is [O]=[Fe].[O]=[Ti]=[O].[O]=[Ti]=[O].[O]=[Ti]=[O]. The summed E-state index contributed by atoms with van der Waals surface area (Å²) in [5.74, 6) is 0. The van der Waals surface area contributed by atoms with Gasteiger partial charge in [0.05, 0.1) is 0 Å². The Morgan fingerprint density at radius 3 is 0.545 bits per heavy atom. The topological polar surface area (TPSA) is 119 Å². The Bertz CT molecular complexity index is 117. The van der Waals surface area contributed by atoms with Crippen molar-refractivity contribution in [1.29, 1.82) is 0 Å². The molecule has 0 aromatic carbocycles. The molecule has 0 atom stereocenters. The first-order valence-electron chi connectivity index (χ1n) is 1.37. The molecular formula is FeO7Ti3. The molecule has 0 radical (unpaired) electrons. The first kappa shape index (κ1) is 22.8. The zero-order valence-corrected chi connectivity index (χ0v) is 10.5. The van der Waals surface area contributed by atoms with Crippen molar-refractivity contribution in [3.05, 3.63) is 0 Å². The number of hydrogen-bond donors (Lipinski definition) is 0. The molecule has 0 bridgehead atoms. The van der Waals surface area contributed by atoms with E-state index in [9.17, 15) is 0 Å². The van der Waals surface area contributed by atoms with Crippen LogP contribution in [0.5, 0.6) is 0 Å². The van der Waals surface area contributed by atoms with Crippen LogP contribution in [0, 0.1) is 0 Å². The third kappa shape index (κ3) is 606. The van der Waals surface area contributed by atoms with E-state index in [2.05, 4.69) is 0 Å². The number of hydrogen-bond acceptors (Lipinski definition) is 7. The molecule has 0 rings (SSSR count). The van der Waals surface area contributed by atoms with Gasteiger partial charge in [-0.05, 0) is 0 Å². The van der Waals surface area contributed by atoms with Crippen LogP contribution in [0.3, 0.4) is 0 Å². The van der Waals surface area contributed by atoms with E-state index >= 15 is 0 Å². The van der Waals surface area contributed by atoms with Crippen LogP contribution in [-0.4, -0.2) is 0 Å². The molecule has 11 heavy (non-hydrogen) atoms. The van der Waals surface area contributed by atoms with Crippen molar-refractivity contribution < 1.29 is 97.0 Å². The molecule has 0 heterocycles. The van der Waals surface area contributed by atoms with Gasteiger partial charge in [0.25, 0.3) is 0 Å². The molecule has 0 aliphatic heterocycles. The second-order valence-electron chi connectivity index (χ2n) is 0.250. The van der Waals surface area contributed by atoms with Gasteiger partial charge in [0.15, 0.2) is 0 Å². The summed E-state index contributed by atoms with van der Waals surface area (Å²) in [5, 5.41) is 0. The van der Waals surface area contributed by atoms with Crippen molar-refractivity contribution in [2.45, 2.75) is 0 Å². The summed E-state index contributed by atoms with van der Waals surface area (Å²) in [6.07, 6.45) is 0. The van der Waals surface area contributed by atoms with Crippen LogP contribution in [0.15, 0.2) is 0 Å². The number of rotatable bonds is 0. The van der Waals surface area contributed by atoms with Crippen LogP contribution >= 0.6 is 0 Å². The molecule has 7 nitrogen and oxygen atoms in total. The van der Waals surface area contributed by atoms with Crippen LogP contribution in [-0.2, 0) is 97.0 Å². The zero-order chi connectivity index (χ0) is 10.1. The predicted molar refractivity (Wildman–Crippen MR) is 4.81 cm³/mol. The molecule has 0 aromatic heterocycles. The third-order valence-corrected chi connectivity index (χ3v) is 0. The van der Waals surface area contributed by atoms with E-state index in [0.717, 1.165) is 0 Å². The van der Waals surface area contributed by atoms with Gasteiger partial charge < -0.3 is 0 Å². The van der Waals surface area contributed by atoms with E-state index in [1.54, 1.807) is 0 Å². The van der Waals surface area contributed by atoms with E-state index in [0.29, 0.717) is 0 Å². The maximum atomic E-state index is 8.50. The summed E-state index contributed by atoms with van der Waals surface area (Å²) in [4.78, 5) is 0. The molecule has 11 heteroatoms. The first-order chi connectivity index (χ1) is 5.24. The Labute approximate surface area is 95.8 Å². The van der Waals surface area contributed by atoms with E-state index < -0.39 is 57.3 Å². The summed E-state index contributed by atoms with van der Waals surface area (Å²) >= 11 is -4.00. The Morgan fingerprint density at radius 1 is 0.545 bits per heavy atom. The molecule has 0 aliphatic rings. The molecule has 0 unspecified atom stereocenters. The van der Waals surface area contributed by atoms with Crippen LogP contribution < -0.4 is 0 Å². The minimum atomic E-state index is -2.00.